The summed E-state index contributed by atoms with van der Waals surface area (Å²) >= 11 is 0. The van der Waals surface area contributed by atoms with Crippen molar-refractivity contribution in [2.75, 3.05) is 13.1 Å². The van der Waals surface area contributed by atoms with Crippen LogP contribution in [0, 0.1) is 12.8 Å². The molecule has 1 atom stereocenters. The Morgan fingerprint density at radius 3 is 2.49 bits per heavy atom. The molecule has 1 aliphatic rings. The van der Waals surface area contributed by atoms with Gasteiger partial charge in [-0.3, -0.25) is 38.8 Å². The van der Waals surface area contributed by atoms with Gasteiger partial charge in [-0.1, -0.05) is 43.7 Å². The molecule has 212 valence electrons. The smallest absolute Gasteiger partial charge is 0.286 e. The van der Waals surface area contributed by atoms with E-state index in [1.165, 1.54) is 25.4 Å². The molecule has 1 aromatic carbocycles. The lowest BCUT2D eigenvalue weighted by atomic mass is 9.99. The lowest BCUT2D eigenvalue weighted by Crippen LogP contribution is -2.56. The van der Waals surface area contributed by atoms with Crippen LogP contribution in [0.2, 0.25) is 0 Å². The number of carbonyl (C=O) groups excluding carboxylic acids is 5. The first-order valence-corrected chi connectivity index (χ1v) is 13.0. The molecular weight excluding hydrogens is 528 g/mol. The summed E-state index contributed by atoms with van der Waals surface area (Å²) in [6.45, 7) is 5.57. The third-order valence-corrected chi connectivity index (χ3v) is 6.42. The van der Waals surface area contributed by atoms with E-state index in [2.05, 4.69) is 20.5 Å². The Labute approximate surface area is 236 Å². The zero-order valence-corrected chi connectivity index (χ0v) is 23.2. The SMILES string of the molecule is CC(=O)N1CC(=O)N(CC(=O)NC(C(=O)c2nnc(Cc3cccc(C)c3)o2)C(C)C)/C(=C/c2ccncc2)C1=O. The van der Waals surface area contributed by atoms with E-state index in [9.17, 15) is 24.0 Å². The van der Waals surface area contributed by atoms with Gasteiger partial charge in [0.2, 0.25) is 29.4 Å². The average molecular weight is 559 g/mol. The predicted octanol–water partition coefficient (Wildman–Crippen LogP) is 1.95. The highest BCUT2D eigenvalue weighted by Gasteiger charge is 2.38. The molecule has 1 fully saturated rings. The summed E-state index contributed by atoms with van der Waals surface area (Å²) in [6.07, 6.45) is 4.76. The number of Topliss-reactive ketones (excluding diaryl/α,β-unsaturated/α-hetero) is 1. The molecule has 4 amide bonds. The summed E-state index contributed by atoms with van der Waals surface area (Å²) in [5.41, 5.74) is 2.41. The topological polar surface area (TPSA) is 156 Å². The van der Waals surface area contributed by atoms with Crippen LogP contribution in [-0.2, 0) is 25.6 Å². The molecule has 0 aliphatic carbocycles. The number of ketones is 1. The first kappa shape index (κ1) is 29.0. The maximum Gasteiger partial charge on any atom is 0.286 e. The summed E-state index contributed by atoms with van der Waals surface area (Å²) in [5.74, 6) is -3.55. The first-order valence-electron chi connectivity index (χ1n) is 13.0. The molecule has 12 heteroatoms. The van der Waals surface area contributed by atoms with Gasteiger partial charge in [0.25, 0.3) is 11.8 Å². The van der Waals surface area contributed by atoms with Crippen LogP contribution in [0.3, 0.4) is 0 Å². The van der Waals surface area contributed by atoms with E-state index in [4.69, 9.17) is 4.42 Å². The van der Waals surface area contributed by atoms with Crippen molar-refractivity contribution in [2.45, 2.75) is 40.2 Å². The molecule has 0 bridgehead atoms. The van der Waals surface area contributed by atoms with Gasteiger partial charge >= 0.3 is 0 Å². The van der Waals surface area contributed by atoms with Gasteiger partial charge in [0.1, 0.15) is 18.8 Å². The van der Waals surface area contributed by atoms with Crippen LogP contribution in [0.1, 0.15) is 54.0 Å². The zero-order chi connectivity index (χ0) is 29.7. The van der Waals surface area contributed by atoms with Crippen LogP contribution in [0.15, 0.2) is 58.9 Å². The van der Waals surface area contributed by atoms with Crippen molar-refractivity contribution in [3.63, 3.8) is 0 Å². The quantitative estimate of drug-likeness (QED) is 0.306. The minimum absolute atomic E-state index is 0.150. The summed E-state index contributed by atoms with van der Waals surface area (Å²) in [5, 5.41) is 10.5. The molecule has 1 saturated heterocycles. The second kappa shape index (κ2) is 12.5. The van der Waals surface area contributed by atoms with Crippen molar-refractivity contribution >= 4 is 35.5 Å². The maximum atomic E-state index is 13.3. The van der Waals surface area contributed by atoms with Crippen LogP contribution in [0.4, 0.5) is 0 Å². The lowest BCUT2D eigenvalue weighted by Gasteiger charge is -2.34. The summed E-state index contributed by atoms with van der Waals surface area (Å²) in [7, 11) is 0. The lowest BCUT2D eigenvalue weighted by molar-refractivity contribution is -0.153. The standard InChI is InChI=1S/C29H30N6O6/c1-17(2)26(27(39)28-33-32-24(41-28)14-21-7-5-6-18(3)12-21)31-23(37)15-35-22(13-20-8-10-30-11-9-20)29(40)34(19(4)36)16-25(35)38/h5-13,17,26H,14-16H2,1-4H3,(H,31,37)/b22-13+. The van der Waals surface area contributed by atoms with E-state index in [1.807, 2.05) is 31.2 Å². The average Bonchev–Trinajstić information content (AvgIpc) is 3.39. The third-order valence-electron chi connectivity index (χ3n) is 6.42. The first-order chi connectivity index (χ1) is 19.5. The van der Waals surface area contributed by atoms with E-state index in [0.717, 1.165) is 20.9 Å². The number of nitrogens with zero attached hydrogens (tertiary/aromatic N) is 5. The van der Waals surface area contributed by atoms with Crippen molar-refractivity contribution in [1.82, 2.24) is 30.3 Å². The van der Waals surface area contributed by atoms with E-state index in [1.54, 1.807) is 26.0 Å². The molecular formula is C29H30N6O6. The van der Waals surface area contributed by atoms with Gasteiger partial charge in [-0.05, 0) is 42.2 Å². The van der Waals surface area contributed by atoms with Gasteiger partial charge in [-0.25, -0.2) is 0 Å². The third kappa shape index (κ3) is 6.96. The number of piperazine rings is 1. The predicted molar refractivity (Wildman–Crippen MR) is 146 cm³/mol. The molecule has 4 rings (SSSR count). The fourth-order valence-electron chi connectivity index (χ4n) is 4.32. The summed E-state index contributed by atoms with van der Waals surface area (Å²) < 4.78 is 5.62. The molecule has 0 spiro atoms. The molecule has 3 aromatic rings. The number of nitrogens with one attached hydrogen (secondary N) is 1. The van der Waals surface area contributed by atoms with Gasteiger partial charge in [0.15, 0.2) is 0 Å². The molecule has 1 N–H and O–H groups in total. The van der Waals surface area contributed by atoms with Crippen molar-refractivity contribution in [2.24, 2.45) is 5.92 Å². The highest BCUT2D eigenvalue weighted by molar-refractivity contribution is 6.13. The van der Waals surface area contributed by atoms with Crippen LogP contribution in [0.25, 0.3) is 6.08 Å². The number of aromatic nitrogens is 3. The van der Waals surface area contributed by atoms with Gasteiger partial charge in [0, 0.05) is 19.3 Å². The van der Waals surface area contributed by atoms with E-state index in [-0.39, 0.29) is 23.4 Å². The second-order valence-electron chi connectivity index (χ2n) is 10.0. The van der Waals surface area contributed by atoms with Gasteiger partial charge in [-0.2, -0.15) is 0 Å². The number of hydrogen-bond acceptors (Lipinski definition) is 9. The number of imide groups is 1. The number of carbonyl (C=O) groups is 5. The molecule has 3 heterocycles. The van der Waals surface area contributed by atoms with Gasteiger partial charge in [0.05, 0.1) is 12.5 Å². The highest BCUT2D eigenvalue weighted by atomic mass is 16.4. The monoisotopic (exact) mass is 558 g/mol. The van der Waals surface area contributed by atoms with Crippen LogP contribution in [0.5, 0.6) is 0 Å². The molecule has 0 radical (unpaired) electrons. The van der Waals surface area contributed by atoms with Gasteiger partial charge < -0.3 is 9.73 Å². The Bertz CT molecular complexity index is 1510. The summed E-state index contributed by atoms with van der Waals surface area (Å²) in [4.78, 5) is 70.2. The molecule has 1 unspecified atom stereocenters. The fourth-order valence-corrected chi connectivity index (χ4v) is 4.32. The molecule has 1 aliphatic heterocycles. The summed E-state index contributed by atoms with van der Waals surface area (Å²) in [6, 6.07) is 9.95. The van der Waals surface area contributed by atoms with Crippen molar-refractivity contribution in [3.05, 3.63) is 83.0 Å². The van der Waals surface area contributed by atoms with Crippen molar-refractivity contribution in [3.8, 4) is 0 Å². The number of amides is 4. The number of aryl methyl sites for hydroxylation is 1. The Morgan fingerprint density at radius 1 is 1.10 bits per heavy atom. The molecule has 12 nitrogen and oxygen atoms in total. The Kier molecular flexibility index (Phi) is 8.81. The molecule has 41 heavy (non-hydrogen) atoms. The van der Waals surface area contributed by atoms with Crippen molar-refractivity contribution in [1.29, 1.82) is 0 Å². The normalized spacial score (nSPS) is 15.4. The fraction of sp³-hybridized carbons (Fsp3) is 0.310. The minimum atomic E-state index is -1.04. The Balaban J connectivity index is 1.51. The number of benzene rings is 1. The van der Waals surface area contributed by atoms with Crippen LogP contribution >= 0.6 is 0 Å². The Hall–Kier alpha value is -5.00. The Morgan fingerprint density at radius 2 is 1.83 bits per heavy atom. The number of hydrogen-bond donors (Lipinski definition) is 1. The molecule has 2 aromatic heterocycles. The van der Waals surface area contributed by atoms with Gasteiger partial charge in [-0.15, -0.1) is 10.2 Å². The highest BCUT2D eigenvalue weighted by Crippen LogP contribution is 2.20. The van der Waals surface area contributed by atoms with Crippen LogP contribution in [-0.4, -0.2) is 73.5 Å². The second-order valence-corrected chi connectivity index (χ2v) is 10.0. The maximum absolute atomic E-state index is 13.3. The minimum Gasteiger partial charge on any atom is -0.418 e. The van der Waals surface area contributed by atoms with Crippen molar-refractivity contribution < 1.29 is 28.4 Å². The molecule has 0 saturated carbocycles. The van der Waals surface area contributed by atoms with E-state index in [0.29, 0.717) is 12.0 Å². The number of pyridine rings is 1. The van der Waals surface area contributed by atoms with Crippen LogP contribution < -0.4 is 5.32 Å². The van der Waals surface area contributed by atoms with E-state index < -0.39 is 48.5 Å². The van der Waals surface area contributed by atoms with E-state index >= 15 is 0 Å². The zero-order valence-electron chi connectivity index (χ0n) is 23.2. The largest absolute Gasteiger partial charge is 0.418 e. The number of rotatable bonds is 9.